The quantitative estimate of drug-likeness (QED) is 0.464. The molecule has 30 heavy (non-hydrogen) atoms. The predicted octanol–water partition coefficient (Wildman–Crippen LogP) is 4.67. The summed E-state index contributed by atoms with van der Waals surface area (Å²) in [5.74, 6) is -0.294. The van der Waals surface area contributed by atoms with Gasteiger partial charge < -0.3 is 9.30 Å². The number of benzene rings is 2. The summed E-state index contributed by atoms with van der Waals surface area (Å²) in [7, 11) is 0. The van der Waals surface area contributed by atoms with Crippen molar-refractivity contribution in [1.82, 2.24) is 20.0 Å². The lowest BCUT2D eigenvalue weighted by Crippen LogP contribution is -2.17. The van der Waals surface area contributed by atoms with Crippen LogP contribution in [0.4, 0.5) is 13.2 Å². The molecule has 4 aromatic rings. The molecule has 0 fully saturated rings. The molecule has 6 nitrogen and oxygen atoms in total. The highest BCUT2D eigenvalue weighted by Gasteiger charge is 2.31. The van der Waals surface area contributed by atoms with Gasteiger partial charge in [0.05, 0.1) is 15.9 Å². The molecule has 0 spiro atoms. The van der Waals surface area contributed by atoms with Gasteiger partial charge in [-0.2, -0.15) is 15.4 Å². The number of nitrogens with one attached hydrogen (secondary N) is 2. The number of hydrogen-bond donors (Lipinski definition) is 2. The largest absolute Gasteiger partial charge is 0.573 e. The number of alkyl halides is 3. The Kier molecular flexibility index (Phi) is 5.33. The minimum Gasteiger partial charge on any atom is -0.406 e. The summed E-state index contributed by atoms with van der Waals surface area (Å²) in [5.41, 5.74) is 4.39. The van der Waals surface area contributed by atoms with Crippen LogP contribution in [0.5, 0.6) is 5.75 Å². The number of rotatable bonds is 6. The second-order valence-corrected chi connectivity index (χ2v) is 7.69. The molecule has 0 bridgehead atoms. The smallest absolute Gasteiger partial charge is 0.406 e. The van der Waals surface area contributed by atoms with Crippen LogP contribution in [-0.4, -0.2) is 26.3 Å². The van der Waals surface area contributed by atoms with Crippen molar-refractivity contribution in [2.45, 2.75) is 32.7 Å². The third-order valence-corrected chi connectivity index (χ3v) is 5.70. The van der Waals surface area contributed by atoms with E-state index in [0.717, 1.165) is 34.7 Å². The third-order valence-electron chi connectivity index (χ3n) is 4.74. The summed E-state index contributed by atoms with van der Waals surface area (Å²) in [5, 5.41) is 19.4. The van der Waals surface area contributed by atoms with E-state index in [0.29, 0.717) is 23.2 Å². The lowest BCUT2D eigenvalue weighted by molar-refractivity contribution is -0.274. The summed E-state index contributed by atoms with van der Waals surface area (Å²) in [6, 6.07) is 12.2. The first-order chi connectivity index (χ1) is 14.3. The molecular formula is C20H18F3N5OS. The number of fused-ring (bicyclic) bond motifs is 1. The zero-order chi connectivity index (χ0) is 21.3. The van der Waals surface area contributed by atoms with E-state index >= 15 is 0 Å². The Morgan fingerprint density at radius 1 is 1.13 bits per heavy atom. The first kappa shape index (κ1) is 20.1. The Balaban J connectivity index is 1.56. The van der Waals surface area contributed by atoms with Gasteiger partial charge in [0.25, 0.3) is 0 Å². The fourth-order valence-corrected chi connectivity index (χ4v) is 4.23. The van der Waals surface area contributed by atoms with Crippen LogP contribution in [0.2, 0.25) is 0 Å². The minimum atomic E-state index is -4.75. The zero-order valence-electron chi connectivity index (χ0n) is 16.0. The normalized spacial score (nSPS) is 11.9. The fourth-order valence-electron chi connectivity index (χ4n) is 3.26. The summed E-state index contributed by atoms with van der Waals surface area (Å²) >= 11 is 1.10. The lowest BCUT2D eigenvalue weighted by Gasteiger charge is -2.09. The molecule has 2 heterocycles. The molecule has 156 valence electrons. The maximum absolute atomic E-state index is 12.4. The van der Waals surface area contributed by atoms with Crippen LogP contribution in [0.25, 0.3) is 21.5 Å². The highest BCUT2D eigenvalue weighted by atomic mass is 32.1. The van der Waals surface area contributed by atoms with Gasteiger partial charge in [0.1, 0.15) is 11.4 Å². The Labute approximate surface area is 173 Å². The molecule has 0 radical (unpaired) electrons. The SMILES string of the molecule is CCc1ccc(-c2n[nH]nc2CCn2c(=N)sc3cc(OC(F)(F)F)ccc32)cc1. The number of aromatic amines is 1. The summed E-state index contributed by atoms with van der Waals surface area (Å²) in [6.45, 7) is 2.54. The number of H-pyrrole nitrogens is 1. The van der Waals surface area contributed by atoms with E-state index in [1.807, 2.05) is 12.1 Å². The van der Waals surface area contributed by atoms with Gasteiger partial charge in [-0.05, 0) is 30.2 Å². The van der Waals surface area contributed by atoms with Crippen LogP contribution in [0, 0.1) is 5.41 Å². The van der Waals surface area contributed by atoms with Gasteiger partial charge in [-0.15, -0.1) is 13.2 Å². The van der Waals surface area contributed by atoms with Gasteiger partial charge in [-0.3, -0.25) is 5.41 Å². The van der Waals surface area contributed by atoms with E-state index in [1.54, 1.807) is 4.57 Å². The topological polar surface area (TPSA) is 79.6 Å². The molecule has 0 aliphatic heterocycles. The van der Waals surface area contributed by atoms with Crippen LogP contribution in [0.1, 0.15) is 18.2 Å². The van der Waals surface area contributed by atoms with Gasteiger partial charge in [-0.1, -0.05) is 42.5 Å². The van der Waals surface area contributed by atoms with Crippen molar-refractivity contribution in [1.29, 1.82) is 5.41 Å². The van der Waals surface area contributed by atoms with Crippen molar-refractivity contribution >= 4 is 21.6 Å². The average Bonchev–Trinajstić information content (AvgIpc) is 3.28. The number of halogens is 3. The Bertz CT molecular complexity index is 1220. The first-order valence-electron chi connectivity index (χ1n) is 9.26. The maximum Gasteiger partial charge on any atom is 0.573 e. The standard InChI is InChI=1S/C20H18F3N5OS/c1-2-12-3-5-13(6-4-12)18-15(25-27-26-18)9-10-28-16-8-7-14(29-20(21,22)23)11-17(16)30-19(28)24/h3-8,11,24H,2,9-10H2,1H3,(H,25,26,27). The average molecular weight is 433 g/mol. The van der Waals surface area contributed by atoms with Crippen molar-refractivity contribution in [3.63, 3.8) is 0 Å². The monoisotopic (exact) mass is 433 g/mol. The molecule has 0 aliphatic carbocycles. The number of aromatic nitrogens is 4. The molecule has 2 N–H and O–H groups in total. The molecule has 4 rings (SSSR count). The molecule has 0 unspecified atom stereocenters. The minimum absolute atomic E-state index is 0.242. The van der Waals surface area contributed by atoms with Gasteiger partial charge in [0.15, 0.2) is 4.80 Å². The maximum atomic E-state index is 12.4. The molecule has 0 amide bonds. The van der Waals surface area contributed by atoms with Crippen molar-refractivity contribution < 1.29 is 17.9 Å². The molecule has 0 saturated heterocycles. The van der Waals surface area contributed by atoms with Crippen LogP contribution in [0.15, 0.2) is 42.5 Å². The van der Waals surface area contributed by atoms with E-state index < -0.39 is 6.36 Å². The van der Waals surface area contributed by atoms with E-state index in [9.17, 15) is 13.2 Å². The third kappa shape index (κ3) is 4.23. The zero-order valence-corrected chi connectivity index (χ0v) is 16.8. The molecule has 0 atom stereocenters. The fraction of sp³-hybridized carbons (Fsp3) is 0.250. The molecule has 2 aromatic carbocycles. The lowest BCUT2D eigenvalue weighted by atomic mass is 10.1. The highest BCUT2D eigenvalue weighted by Crippen LogP contribution is 2.28. The van der Waals surface area contributed by atoms with E-state index in [4.69, 9.17) is 5.41 Å². The van der Waals surface area contributed by atoms with Gasteiger partial charge in [0.2, 0.25) is 0 Å². The Hall–Kier alpha value is -3.14. The second-order valence-electron chi connectivity index (χ2n) is 6.66. The Morgan fingerprint density at radius 2 is 1.90 bits per heavy atom. The second kappa shape index (κ2) is 7.94. The summed E-state index contributed by atoms with van der Waals surface area (Å²) < 4.78 is 43.6. The highest BCUT2D eigenvalue weighted by molar-refractivity contribution is 7.16. The van der Waals surface area contributed by atoms with Crippen molar-refractivity contribution in [3.05, 3.63) is 58.5 Å². The van der Waals surface area contributed by atoms with Crippen LogP contribution in [-0.2, 0) is 19.4 Å². The van der Waals surface area contributed by atoms with Crippen LogP contribution < -0.4 is 9.54 Å². The molecule has 2 aromatic heterocycles. The van der Waals surface area contributed by atoms with Gasteiger partial charge >= 0.3 is 6.36 Å². The van der Waals surface area contributed by atoms with Crippen LogP contribution in [0.3, 0.4) is 0 Å². The number of thiazole rings is 1. The van der Waals surface area contributed by atoms with Crippen molar-refractivity contribution in [2.75, 3.05) is 0 Å². The number of aryl methyl sites for hydroxylation is 3. The van der Waals surface area contributed by atoms with Crippen molar-refractivity contribution in [2.24, 2.45) is 0 Å². The van der Waals surface area contributed by atoms with E-state index in [2.05, 4.69) is 39.2 Å². The number of nitrogens with zero attached hydrogens (tertiary/aromatic N) is 3. The van der Waals surface area contributed by atoms with Crippen LogP contribution >= 0.6 is 11.3 Å². The van der Waals surface area contributed by atoms with Gasteiger partial charge in [-0.25, -0.2) is 0 Å². The number of ether oxygens (including phenoxy) is 1. The van der Waals surface area contributed by atoms with E-state index in [-0.39, 0.29) is 10.6 Å². The Morgan fingerprint density at radius 3 is 2.60 bits per heavy atom. The molecule has 0 saturated carbocycles. The summed E-state index contributed by atoms with van der Waals surface area (Å²) in [6.07, 6.45) is -3.27. The molecule has 10 heteroatoms. The number of hydrogen-bond acceptors (Lipinski definition) is 5. The summed E-state index contributed by atoms with van der Waals surface area (Å²) in [4.78, 5) is 0.242. The first-order valence-corrected chi connectivity index (χ1v) is 10.1. The van der Waals surface area contributed by atoms with E-state index in [1.165, 1.54) is 23.8 Å². The van der Waals surface area contributed by atoms with Gasteiger partial charge in [0, 0.05) is 18.5 Å². The molecule has 0 aliphatic rings. The molecular weight excluding hydrogens is 415 g/mol. The predicted molar refractivity (Wildman–Crippen MR) is 107 cm³/mol. The van der Waals surface area contributed by atoms with Crippen molar-refractivity contribution in [3.8, 4) is 17.0 Å².